The molecule has 0 spiro atoms. The van der Waals surface area contributed by atoms with Crippen molar-refractivity contribution in [2.24, 2.45) is 0 Å². The highest BCUT2D eigenvalue weighted by molar-refractivity contribution is 5.40. The number of hydrogen-bond donors (Lipinski definition) is 1. The van der Waals surface area contributed by atoms with Gasteiger partial charge in [0.25, 0.3) is 0 Å². The molecule has 0 amide bonds. The summed E-state index contributed by atoms with van der Waals surface area (Å²) in [6.07, 6.45) is 2.30. The molecule has 82 valence electrons. The molecular weight excluding hydrogens is 186 g/mol. The number of aryl methyl sites for hydroxylation is 1. The Balaban J connectivity index is 2.28. The molecule has 0 radical (unpaired) electrons. The molecule has 15 heavy (non-hydrogen) atoms. The minimum absolute atomic E-state index is 0.397. The third kappa shape index (κ3) is 1.86. The van der Waals surface area contributed by atoms with Gasteiger partial charge in [-0.3, -0.25) is 4.90 Å². The average Bonchev–Trinajstić information content (AvgIpc) is 2.63. The molecule has 1 aliphatic carbocycles. The summed E-state index contributed by atoms with van der Waals surface area (Å²) in [6, 6.07) is 6.37. The van der Waals surface area contributed by atoms with Gasteiger partial charge in [-0.15, -0.1) is 0 Å². The van der Waals surface area contributed by atoms with Gasteiger partial charge < -0.3 is 5.11 Å². The molecule has 1 N–H and O–H groups in total. The molecule has 1 aromatic carbocycles. The molecule has 0 fully saturated rings. The van der Waals surface area contributed by atoms with E-state index < -0.39 is 0 Å². The SMILES string of the molecule is CCN(CC)C1CCc2cc(O)ccc21. The number of fused-ring (bicyclic) bond motifs is 1. The average molecular weight is 205 g/mol. The first-order valence-electron chi connectivity index (χ1n) is 5.82. The number of nitrogens with zero attached hydrogens (tertiary/aromatic N) is 1. The maximum absolute atomic E-state index is 9.42. The Bertz CT molecular complexity index is 344. The van der Waals surface area contributed by atoms with Crippen LogP contribution in [-0.2, 0) is 6.42 Å². The van der Waals surface area contributed by atoms with Gasteiger partial charge in [0.2, 0.25) is 0 Å². The van der Waals surface area contributed by atoms with E-state index in [-0.39, 0.29) is 0 Å². The topological polar surface area (TPSA) is 23.5 Å². The highest BCUT2D eigenvalue weighted by Crippen LogP contribution is 2.36. The summed E-state index contributed by atoms with van der Waals surface area (Å²) in [5, 5.41) is 9.42. The Morgan fingerprint density at radius 2 is 2.07 bits per heavy atom. The summed E-state index contributed by atoms with van der Waals surface area (Å²) in [7, 11) is 0. The molecule has 1 aliphatic rings. The maximum atomic E-state index is 9.42. The van der Waals surface area contributed by atoms with Crippen LogP contribution in [0.5, 0.6) is 5.75 Å². The lowest BCUT2D eigenvalue weighted by Gasteiger charge is -2.26. The Labute approximate surface area is 91.5 Å². The van der Waals surface area contributed by atoms with E-state index in [4.69, 9.17) is 0 Å². The number of phenols is 1. The van der Waals surface area contributed by atoms with Crippen molar-refractivity contribution in [3.05, 3.63) is 29.3 Å². The first-order valence-corrected chi connectivity index (χ1v) is 5.82. The predicted molar refractivity (Wildman–Crippen MR) is 62.1 cm³/mol. The molecule has 2 nitrogen and oxygen atoms in total. The molecule has 2 heteroatoms. The molecular formula is C13H19NO. The number of hydrogen-bond acceptors (Lipinski definition) is 2. The van der Waals surface area contributed by atoms with Crippen molar-refractivity contribution in [2.75, 3.05) is 13.1 Å². The standard InChI is InChI=1S/C13H19NO/c1-3-14(4-2)13-8-5-10-9-11(15)6-7-12(10)13/h6-7,9,13,15H,3-5,8H2,1-2H3. The minimum Gasteiger partial charge on any atom is -0.508 e. The van der Waals surface area contributed by atoms with Crippen LogP contribution in [0, 0.1) is 0 Å². The third-order valence-corrected chi connectivity index (χ3v) is 3.43. The predicted octanol–water partition coefficient (Wildman–Crippen LogP) is 2.72. The quantitative estimate of drug-likeness (QED) is 0.820. The Hall–Kier alpha value is -1.02. The lowest BCUT2D eigenvalue weighted by molar-refractivity contribution is 0.218. The fourth-order valence-electron chi connectivity index (χ4n) is 2.63. The van der Waals surface area contributed by atoms with Gasteiger partial charge in [0.1, 0.15) is 5.75 Å². The molecule has 0 aliphatic heterocycles. The summed E-state index contributed by atoms with van der Waals surface area (Å²) >= 11 is 0. The van der Waals surface area contributed by atoms with Crippen LogP contribution in [0.25, 0.3) is 0 Å². The smallest absolute Gasteiger partial charge is 0.115 e. The van der Waals surface area contributed by atoms with Crippen molar-refractivity contribution >= 4 is 0 Å². The van der Waals surface area contributed by atoms with Crippen molar-refractivity contribution in [1.29, 1.82) is 0 Å². The van der Waals surface area contributed by atoms with Crippen LogP contribution in [0.1, 0.15) is 37.4 Å². The third-order valence-electron chi connectivity index (χ3n) is 3.43. The van der Waals surface area contributed by atoms with Gasteiger partial charge in [-0.2, -0.15) is 0 Å². The van der Waals surface area contributed by atoms with Crippen LogP contribution in [0.15, 0.2) is 18.2 Å². The second-order valence-corrected chi connectivity index (χ2v) is 4.16. The highest BCUT2D eigenvalue weighted by atomic mass is 16.3. The van der Waals surface area contributed by atoms with Gasteiger partial charge in [0.05, 0.1) is 0 Å². The van der Waals surface area contributed by atoms with Gasteiger partial charge in [0, 0.05) is 6.04 Å². The first-order chi connectivity index (χ1) is 7.26. The Morgan fingerprint density at radius 3 is 2.73 bits per heavy atom. The minimum atomic E-state index is 0.397. The van der Waals surface area contributed by atoms with Crippen molar-refractivity contribution in [3.8, 4) is 5.75 Å². The first kappa shape index (κ1) is 10.5. The molecule has 0 heterocycles. The van der Waals surface area contributed by atoms with Gasteiger partial charge in [-0.05, 0) is 49.2 Å². The molecule has 0 saturated carbocycles. The van der Waals surface area contributed by atoms with Gasteiger partial charge in [0.15, 0.2) is 0 Å². The summed E-state index contributed by atoms with van der Waals surface area (Å²) in [6.45, 7) is 6.62. The normalized spacial score (nSPS) is 19.5. The number of rotatable bonds is 3. The lowest BCUT2D eigenvalue weighted by Crippen LogP contribution is -2.26. The maximum Gasteiger partial charge on any atom is 0.115 e. The van der Waals surface area contributed by atoms with Crippen molar-refractivity contribution in [3.63, 3.8) is 0 Å². The number of phenolic OH excluding ortho intramolecular Hbond substituents is 1. The summed E-state index contributed by atoms with van der Waals surface area (Å²) in [4.78, 5) is 2.49. The van der Waals surface area contributed by atoms with E-state index in [1.165, 1.54) is 17.5 Å². The van der Waals surface area contributed by atoms with Crippen LogP contribution in [0.3, 0.4) is 0 Å². The molecule has 1 atom stereocenters. The van der Waals surface area contributed by atoms with Gasteiger partial charge in [-0.1, -0.05) is 19.9 Å². The molecule has 1 aromatic rings. The summed E-state index contributed by atoms with van der Waals surface area (Å²) in [5.74, 6) is 0.397. The van der Waals surface area contributed by atoms with Crippen LogP contribution in [0.4, 0.5) is 0 Å². The zero-order chi connectivity index (χ0) is 10.8. The number of aromatic hydroxyl groups is 1. The largest absolute Gasteiger partial charge is 0.508 e. The fraction of sp³-hybridized carbons (Fsp3) is 0.538. The second kappa shape index (κ2) is 4.23. The van der Waals surface area contributed by atoms with E-state index in [2.05, 4.69) is 24.8 Å². The molecule has 2 rings (SSSR count). The number of benzene rings is 1. The van der Waals surface area contributed by atoms with Crippen LogP contribution in [0.2, 0.25) is 0 Å². The van der Waals surface area contributed by atoms with Crippen molar-refractivity contribution < 1.29 is 5.11 Å². The van der Waals surface area contributed by atoms with E-state index in [0.717, 1.165) is 19.5 Å². The molecule has 0 bridgehead atoms. The van der Waals surface area contributed by atoms with E-state index >= 15 is 0 Å². The molecule has 1 unspecified atom stereocenters. The fourth-order valence-corrected chi connectivity index (χ4v) is 2.63. The summed E-state index contributed by atoms with van der Waals surface area (Å²) < 4.78 is 0. The van der Waals surface area contributed by atoms with E-state index in [1.807, 2.05) is 6.07 Å². The second-order valence-electron chi connectivity index (χ2n) is 4.16. The van der Waals surface area contributed by atoms with Crippen molar-refractivity contribution in [2.45, 2.75) is 32.7 Å². The van der Waals surface area contributed by atoms with Gasteiger partial charge >= 0.3 is 0 Å². The van der Waals surface area contributed by atoms with E-state index in [9.17, 15) is 5.11 Å². The van der Waals surface area contributed by atoms with Crippen LogP contribution in [-0.4, -0.2) is 23.1 Å². The molecule has 0 saturated heterocycles. The Morgan fingerprint density at radius 1 is 1.33 bits per heavy atom. The van der Waals surface area contributed by atoms with E-state index in [1.54, 1.807) is 6.07 Å². The van der Waals surface area contributed by atoms with E-state index in [0.29, 0.717) is 11.8 Å². The molecule has 0 aromatic heterocycles. The summed E-state index contributed by atoms with van der Waals surface area (Å²) in [5.41, 5.74) is 2.74. The van der Waals surface area contributed by atoms with Crippen LogP contribution >= 0.6 is 0 Å². The highest BCUT2D eigenvalue weighted by Gasteiger charge is 2.26. The Kier molecular flexibility index (Phi) is 2.96. The lowest BCUT2D eigenvalue weighted by atomic mass is 10.1. The van der Waals surface area contributed by atoms with Crippen LogP contribution < -0.4 is 0 Å². The zero-order valence-electron chi connectivity index (χ0n) is 9.53. The van der Waals surface area contributed by atoms with Gasteiger partial charge in [-0.25, -0.2) is 0 Å². The monoisotopic (exact) mass is 205 g/mol. The van der Waals surface area contributed by atoms with Crippen molar-refractivity contribution in [1.82, 2.24) is 4.90 Å². The zero-order valence-corrected chi connectivity index (χ0v) is 9.53.